The Balaban J connectivity index is 0.000000139. The molecule has 10 heteroatoms. The van der Waals surface area contributed by atoms with Crippen molar-refractivity contribution in [2.24, 2.45) is 45.3 Å². The smallest absolute Gasteiger partial charge is 0.165 e. The van der Waals surface area contributed by atoms with Gasteiger partial charge >= 0.3 is 0 Å². The third kappa shape index (κ3) is 5.36. The fraction of sp³-hybridized carbons (Fsp3) is 0.797. The van der Waals surface area contributed by atoms with E-state index in [0.717, 1.165) is 82.0 Å². The van der Waals surface area contributed by atoms with Crippen LogP contribution in [-0.4, -0.2) is 110 Å². The number of phenolic OH excluding ortho intramolecular Hbond substituents is 2. The van der Waals surface area contributed by atoms with Gasteiger partial charge < -0.3 is 39.4 Å². The van der Waals surface area contributed by atoms with Crippen LogP contribution in [0.25, 0.3) is 0 Å². The highest BCUT2D eigenvalue weighted by Crippen LogP contribution is 2.80. The number of piperidine rings is 2. The molecule has 2 aromatic rings. The number of aliphatic hydroxyl groups is 2. The molecule has 5 spiro atoms. The molecule has 380 valence electrons. The van der Waals surface area contributed by atoms with Gasteiger partial charge in [-0.3, -0.25) is 9.80 Å². The highest BCUT2D eigenvalue weighted by Gasteiger charge is 2.85. The average molecular weight is 951 g/mol. The quantitative estimate of drug-likeness (QED) is 0.230. The minimum Gasteiger partial charge on any atom is -0.504 e. The number of phenols is 2. The van der Waals surface area contributed by atoms with Crippen LogP contribution in [0, 0.1) is 45.3 Å². The summed E-state index contributed by atoms with van der Waals surface area (Å²) in [5.74, 6) is 3.65. The lowest BCUT2D eigenvalue weighted by Crippen LogP contribution is -2.84. The molecule has 14 atom stereocenters. The van der Waals surface area contributed by atoms with Gasteiger partial charge in [0, 0.05) is 69.8 Å². The van der Waals surface area contributed by atoms with Gasteiger partial charge in [-0.15, -0.1) is 0 Å². The molecule has 8 bridgehead atoms. The molecule has 0 aromatic heterocycles. The van der Waals surface area contributed by atoms with Crippen molar-refractivity contribution in [1.29, 1.82) is 0 Å². The third-order valence-electron chi connectivity index (χ3n) is 23.6. The Kier molecular flexibility index (Phi) is 9.73. The van der Waals surface area contributed by atoms with Crippen LogP contribution in [0.4, 0.5) is 0 Å². The van der Waals surface area contributed by atoms with Gasteiger partial charge in [0.05, 0.1) is 11.2 Å². The first-order valence-corrected chi connectivity index (χ1v) is 26.9. The van der Waals surface area contributed by atoms with E-state index in [0.29, 0.717) is 36.8 Å². The summed E-state index contributed by atoms with van der Waals surface area (Å²) in [7, 11) is 0. The van der Waals surface area contributed by atoms with Crippen LogP contribution >= 0.6 is 0 Å². The van der Waals surface area contributed by atoms with Crippen molar-refractivity contribution in [3.05, 3.63) is 46.5 Å². The van der Waals surface area contributed by atoms with E-state index >= 15 is 0 Å². The molecule has 69 heavy (non-hydrogen) atoms. The zero-order valence-corrected chi connectivity index (χ0v) is 41.7. The van der Waals surface area contributed by atoms with Gasteiger partial charge in [-0.25, -0.2) is 0 Å². The maximum absolute atomic E-state index is 12.5. The molecule has 4 N–H and O–H groups in total. The lowest BCUT2D eigenvalue weighted by Gasteiger charge is -2.77. The summed E-state index contributed by atoms with van der Waals surface area (Å²) < 4.78 is 27.0. The third-order valence-corrected chi connectivity index (χ3v) is 23.6. The molecule has 10 nitrogen and oxygen atoms in total. The Bertz CT molecular complexity index is 2470. The normalized spacial score (nSPS) is 45.2. The lowest BCUT2D eigenvalue weighted by atomic mass is 9.33. The van der Waals surface area contributed by atoms with Crippen molar-refractivity contribution in [3.63, 3.8) is 0 Å². The van der Waals surface area contributed by atoms with Crippen LogP contribution in [-0.2, 0) is 33.1 Å². The molecule has 11 fully saturated rings. The summed E-state index contributed by atoms with van der Waals surface area (Å²) in [5.41, 5.74) is 1.90. The van der Waals surface area contributed by atoms with E-state index in [1.165, 1.54) is 67.4 Å². The van der Waals surface area contributed by atoms with Crippen LogP contribution in [0.5, 0.6) is 23.0 Å². The topological polar surface area (TPSA) is 124 Å². The van der Waals surface area contributed by atoms with E-state index in [4.69, 9.17) is 18.9 Å². The van der Waals surface area contributed by atoms with Crippen LogP contribution in [0.3, 0.4) is 0 Å². The molecule has 17 rings (SSSR count). The number of hydrogen-bond acceptors (Lipinski definition) is 10. The second-order valence-electron chi connectivity index (χ2n) is 27.6. The zero-order chi connectivity index (χ0) is 46.5. The molecule has 2 aromatic carbocycles. The molecular formula is C59H86N2O8. The summed E-state index contributed by atoms with van der Waals surface area (Å²) >= 11 is 0. The van der Waals surface area contributed by atoms with Gasteiger partial charge in [-0.05, 0) is 163 Å². The standard InChI is InChI=1S/C29H39NO4.C28H39NO4.2CH4/c1-25(2,3)26(4)20-14-27-9-10-29(20,33-16-32-26)24-28(27)11-12-30(15-17-5-6-17)21(27)13-18-7-8-19(31)23(34-24)22(18)28;1-24(2,3)25(4,31)19-14-26-9-10-28(19,32)23-27(26)11-12-29(15-16-5-6-16)20(26)13-17-7-8-18(30)22(33-23)21(17)27;;/h7-8,17,20-21,24,31H,5-6,9-16H2,1-4H3;7-8,16,19-20,23,30-32H,5-6,9-15H2,1-4H3;2*1H4/t20-,21-,24-,26+,27-,28+,29?;19-,20-,23-,25+,26-,27+,28-;;/m11../s1. The minimum absolute atomic E-state index is 0. The minimum atomic E-state index is -1.11. The lowest BCUT2D eigenvalue weighted by molar-refractivity contribution is -0.389. The summed E-state index contributed by atoms with van der Waals surface area (Å²) in [6.07, 6.45) is 15.1. The largest absolute Gasteiger partial charge is 0.504 e. The first kappa shape index (κ1) is 47.4. The van der Waals surface area contributed by atoms with E-state index in [2.05, 4.69) is 70.4 Å². The Hall–Kier alpha value is -2.60. The van der Waals surface area contributed by atoms with Crippen LogP contribution in [0.1, 0.15) is 170 Å². The van der Waals surface area contributed by atoms with Crippen molar-refractivity contribution < 1.29 is 39.4 Å². The summed E-state index contributed by atoms with van der Waals surface area (Å²) in [6.45, 7) is 22.5. The van der Waals surface area contributed by atoms with E-state index in [-0.39, 0.29) is 82.2 Å². The molecule has 8 saturated carbocycles. The van der Waals surface area contributed by atoms with Crippen LogP contribution in [0.2, 0.25) is 0 Å². The maximum atomic E-state index is 12.5. The molecule has 10 aliphatic carbocycles. The number of benzene rings is 2. The Labute approximate surface area is 413 Å². The number of hydrogen-bond donors (Lipinski definition) is 4. The van der Waals surface area contributed by atoms with Gasteiger partial charge in [0.25, 0.3) is 0 Å². The predicted molar refractivity (Wildman–Crippen MR) is 267 cm³/mol. The zero-order valence-electron chi connectivity index (χ0n) is 41.7. The molecule has 0 amide bonds. The maximum Gasteiger partial charge on any atom is 0.165 e. The second kappa shape index (κ2) is 14.2. The monoisotopic (exact) mass is 951 g/mol. The number of aromatic hydroxyl groups is 2. The van der Waals surface area contributed by atoms with E-state index < -0.39 is 17.3 Å². The molecule has 3 saturated heterocycles. The summed E-state index contributed by atoms with van der Waals surface area (Å²) in [4.78, 5) is 5.65. The Morgan fingerprint density at radius 2 is 1.16 bits per heavy atom. The number of ether oxygens (including phenoxy) is 4. The molecule has 1 unspecified atom stereocenters. The fourth-order valence-electron chi connectivity index (χ4n) is 19.3. The van der Waals surface area contributed by atoms with Crippen molar-refractivity contribution >= 4 is 0 Å². The number of rotatable bonds is 5. The van der Waals surface area contributed by atoms with Crippen LogP contribution in [0.15, 0.2) is 24.3 Å². The van der Waals surface area contributed by atoms with Gasteiger partial charge in [-0.1, -0.05) is 68.5 Å². The summed E-state index contributed by atoms with van der Waals surface area (Å²) in [5, 5.41) is 46.3. The van der Waals surface area contributed by atoms with E-state index in [9.17, 15) is 20.4 Å². The Morgan fingerprint density at radius 3 is 1.68 bits per heavy atom. The van der Waals surface area contributed by atoms with E-state index in [1.54, 1.807) is 6.07 Å². The van der Waals surface area contributed by atoms with E-state index in [1.807, 2.05) is 13.0 Å². The highest BCUT2D eigenvalue weighted by molar-refractivity contribution is 5.65. The average Bonchev–Trinajstić information content (AvgIpc) is 4.20. The van der Waals surface area contributed by atoms with Crippen molar-refractivity contribution in [2.45, 2.75) is 218 Å². The molecule has 5 heterocycles. The van der Waals surface area contributed by atoms with Crippen molar-refractivity contribution in [1.82, 2.24) is 9.80 Å². The number of nitrogens with zero attached hydrogens (tertiary/aromatic N) is 2. The highest BCUT2D eigenvalue weighted by atomic mass is 16.7. The van der Waals surface area contributed by atoms with Crippen molar-refractivity contribution in [3.8, 4) is 23.0 Å². The second-order valence-corrected chi connectivity index (χ2v) is 27.6. The van der Waals surface area contributed by atoms with Gasteiger partial charge in [0.15, 0.2) is 23.0 Å². The Morgan fingerprint density at radius 1 is 0.652 bits per heavy atom. The van der Waals surface area contributed by atoms with Gasteiger partial charge in [-0.2, -0.15) is 0 Å². The first-order chi connectivity index (χ1) is 31.6. The van der Waals surface area contributed by atoms with Gasteiger partial charge in [0.2, 0.25) is 0 Å². The molecular weight excluding hydrogens is 865 g/mol. The SMILES string of the molecule is C.C.CC(C)(C)[C@@](C)(O)[C@H]1C[C@@]23CC[C@]1(O)[C@@H]1Oc4c(O)ccc5c4[C@@]12CCN(CC1CC1)[C@@H]3C5.CC(C)(C)[C@@]1(C)OCOC23CC[C@@]4(C[C@@H]21)[C@H]1Cc2ccc(O)c5c2[C@@]4(CCN1CC1CC1)[C@H]3O5. The van der Waals surface area contributed by atoms with Crippen LogP contribution < -0.4 is 9.47 Å². The number of fused-ring (bicyclic) bond motifs is 3. The molecule has 5 aliphatic heterocycles. The first-order valence-electron chi connectivity index (χ1n) is 26.9. The van der Waals surface area contributed by atoms with Crippen molar-refractivity contribution in [2.75, 3.05) is 33.0 Å². The fourth-order valence-corrected chi connectivity index (χ4v) is 19.3. The number of likely N-dealkylation sites (tertiary alicyclic amines) is 2. The predicted octanol–water partition coefficient (Wildman–Crippen LogP) is 9.81. The van der Waals surface area contributed by atoms with Gasteiger partial charge in [0.1, 0.15) is 30.2 Å². The summed E-state index contributed by atoms with van der Waals surface area (Å²) in [6, 6.07) is 8.92. The molecule has 15 aliphatic rings. The molecule has 0 radical (unpaired) electrons.